The smallest absolute Gasteiger partial charge is 0.276 e. The number of aromatic nitrogens is 4. The molecule has 0 aliphatic rings. The number of methoxy groups -OCH3 is 1. The fraction of sp³-hybridized carbons (Fsp3) is 0.143. The molecule has 0 aliphatic carbocycles. The molecule has 0 radical (unpaired) electrons. The molecule has 1 N–H and O–H groups in total. The Morgan fingerprint density at radius 3 is 2.76 bits per heavy atom. The minimum absolute atomic E-state index is 0.174. The Morgan fingerprint density at radius 1 is 1.14 bits per heavy atom. The average Bonchev–Trinajstić information content (AvgIpc) is 3.21. The number of amides is 1. The van der Waals surface area contributed by atoms with Crippen LogP contribution in [0.5, 0.6) is 5.75 Å². The van der Waals surface area contributed by atoms with E-state index in [0.29, 0.717) is 29.9 Å². The van der Waals surface area contributed by atoms with Gasteiger partial charge in [-0.15, -0.1) is 0 Å². The first kappa shape index (κ1) is 18.4. The molecule has 0 fully saturated rings. The average molecular weight is 389 g/mol. The first-order chi connectivity index (χ1) is 14.2. The third-order valence-electron chi connectivity index (χ3n) is 4.55. The van der Waals surface area contributed by atoms with Crippen molar-refractivity contribution in [1.82, 2.24) is 24.5 Å². The number of hydrogen-bond acceptors (Lipinski definition) is 5. The Balaban J connectivity index is 1.52. The number of nitrogens with one attached hydrogen (secondary N) is 1. The van der Waals surface area contributed by atoms with Crippen LogP contribution >= 0.6 is 0 Å². The zero-order valence-electron chi connectivity index (χ0n) is 15.8. The van der Waals surface area contributed by atoms with Crippen LogP contribution in [0.25, 0.3) is 16.8 Å². The van der Waals surface area contributed by atoms with Crippen molar-refractivity contribution in [3.63, 3.8) is 0 Å². The van der Waals surface area contributed by atoms with Gasteiger partial charge in [0.2, 0.25) is 0 Å². The Hall–Kier alpha value is -3.94. The number of nitrogens with zero attached hydrogens (tertiary/aromatic N) is 4. The van der Waals surface area contributed by atoms with Gasteiger partial charge in [-0.25, -0.2) is 4.52 Å². The second kappa shape index (κ2) is 7.97. The summed E-state index contributed by atoms with van der Waals surface area (Å²) < 4.78 is 8.36. The van der Waals surface area contributed by atoms with Crippen molar-refractivity contribution in [1.29, 1.82) is 0 Å². The van der Waals surface area contributed by atoms with Gasteiger partial charge in [0.15, 0.2) is 0 Å². The zero-order valence-corrected chi connectivity index (χ0v) is 15.8. The van der Waals surface area contributed by atoms with Crippen LogP contribution in [0.2, 0.25) is 0 Å². The molecule has 146 valence electrons. The van der Waals surface area contributed by atoms with Gasteiger partial charge in [-0.3, -0.25) is 14.6 Å². The molecule has 0 saturated carbocycles. The summed E-state index contributed by atoms with van der Waals surface area (Å²) in [6.07, 6.45) is 6.52. The van der Waals surface area contributed by atoms with Crippen LogP contribution in [0, 0.1) is 0 Å². The minimum atomic E-state index is -0.203. The molecule has 0 atom stereocenters. The maximum absolute atomic E-state index is 12.8. The van der Waals surface area contributed by atoms with Crippen LogP contribution in [0.1, 0.15) is 10.4 Å². The molecule has 3 aromatic heterocycles. The lowest BCUT2D eigenvalue weighted by molar-refractivity contribution is 0.0952. The molecule has 3 heterocycles. The maximum Gasteiger partial charge on any atom is 0.276 e. The molecule has 4 aromatic rings. The van der Waals surface area contributed by atoms with Crippen LogP contribution in [0.15, 0.2) is 72.0 Å². The third-order valence-corrected chi connectivity index (χ3v) is 4.55. The van der Waals surface area contributed by atoms with Crippen molar-refractivity contribution in [2.24, 2.45) is 0 Å². The number of benzene rings is 1. The van der Waals surface area contributed by atoms with Gasteiger partial charge in [0.1, 0.15) is 11.3 Å². The lowest BCUT2D eigenvalue weighted by atomic mass is 10.1. The van der Waals surface area contributed by atoms with Gasteiger partial charge in [0.25, 0.3) is 11.5 Å². The van der Waals surface area contributed by atoms with Crippen molar-refractivity contribution in [2.45, 2.75) is 6.54 Å². The third kappa shape index (κ3) is 3.86. The zero-order chi connectivity index (χ0) is 20.2. The standard InChI is InChI=1S/C21H19N5O3/c1-29-17-4-2-3-16(13-17)18-14-19-21(28)25(11-12-26(19)24-18)10-9-23-20(27)15-5-7-22-8-6-15/h2-8,11-14H,9-10H2,1H3,(H,23,27). The normalized spacial score (nSPS) is 10.8. The highest BCUT2D eigenvalue weighted by atomic mass is 16.5. The lowest BCUT2D eigenvalue weighted by Crippen LogP contribution is -2.31. The molecule has 1 aromatic carbocycles. The first-order valence-corrected chi connectivity index (χ1v) is 9.07. The van der Waals surface area contributed by atoms with Crippen LogP contribution in [-0.2, 0) is 6.54 Å². The van der Waals surface area contributed by atoms with E-state index >= 15 is 0 Å². The van der Waals surface area contributed by atoms with Gasteiger partial charge in [0, 0.05) is 49.0 Å². The summed E-state index contributed by atoms with van der Waals surface area (Å²) in [5.41, 5.74) is 2.37. The Kier molecular flexibility index (Phi) is 5.07. The maximum atomic E-state index is 12.8. The SMILES string of the molecule is COc1cccc(-c2cc3c(=O)n(CCNC(=O)c4ccncc4)ccn3n2)c1. The van der Waals surface area contributed by atoms with E-state index in [4.69, 9.17) is 4.74 Å². The molecule has 0 unspecified atom stereocenters. The number of pyridine rings is 1. The highest BCUT2D eigenvalue weighted by Gasteiger charge is 2.10. The Labute approximate surface area is 166 Å². The molecule has 0 spiro atoms. The molecule has 8 nitrogen and oxygen atoms in total. The Morgan fingerprint density at radius 2 is 1.97 bits per heavy atom. The van der Waals surface area contributed by atoms with Crippen molar-refractivity contribution in [3.05, 3.63) is 83.2 Å². The van der Waals surface area contributed by atoms with E-state index < -0.39 is 0 Å². The fourth-order valence-corrected chi connectivity index (χ4v) is 3.02. The first-order valence-electron chi connectivity index (χ1n) is 9.07. The van der Waals surface area contributed by atoms with E-state index in [0.717, 1.165) is 11.3 Å². The molecule has 0 aliphatic heterocycles. The van der Waals surface area contributed by atoms with E-state index in [1.807, 2.05) is 24.3 Å². The Bertz CT molecular complexity index is 1210. The highest BCUT2D eigenvalue weighted by molar-refractivity contribution is 5.93. The van der Waals surface area contributed by atoms with E-state index in [9.17, 15) is 9.59 Å². The van der Waals surface area contributed by atoms with Gasteiger partial charge in [-0.1, -0.05) is 12.1 Å². The minimum Gasteiger partial charge on any atom is -0.497 e. The second-order valence-corrected chi connectivity index (χ2v) is 6.38. The quantitative estimate of drug-likeness (QED) is 0.545. The predicted octanol–water partition coefficient (Wildman–Crippen LogP) is 2.00. The van der Waals surface area contributed by atoms with Gasteiger partial charge in [-0.05, 0) is 30.3 Å². The number of ether oxygens (including phenoxy) is 1. The summed E-state index contributed by atoms with van der Waals surface area (Å²) in [5, 5.41) is 7.28. The van der Waals surface area contributed by atoms with Gasteiger partial charge in [-0.2, -0.15) is 5.10 Å². The summed E-state index contributed by atoms with van der Waals surface area (Å²) in [5.74, 6) is 0.521. The number of carbonyl (C=O) groups excluding carboxylic acids is 1. The van der Waals surface area contributed by atoms with E-state index in [1.165, 1.54) is 0 Å². The van der Waals surface area contributed by atoms with Crippen molar-refractivity contribution in [3.8, 4) is 17.0 Å². The van der Waals surface area contributed by atoms with Crippen molar-refractivity contribution in [2.75, 3.05) is 13.7 Å². The summed E-state index contributed by atoms with van der Waals surface area (Å²) in [6.45, 7) is 0.681. The van der Waals surface area contributed by atoms with Crippen LogP contribution < -0.4 is 15.6 Å². The molecule has 0 bridgehead atoms. The van der Waals surface area contributed by atoms with Crippen LogP contribution in [0.3, 0.4) is 0 Å². The van der Waals surface area contributed by atoms with Crippen LogP contribution in [0.4, 0.5) is 0 Å². The summed E-state index contributed by atoms with van der Waals surface area (Å²) in [7, 11) is 1.61. The van der Waals surface area contributed by atoms with Crippen molar-refractivity contribution < 1.29 is 9.53 Å². The van der Waals surface area contributed by atoms with Gasteiger partial charge < -0.3 is 14.6 Å². The lowest BCUT2D eigenvalue weighted by Gasteiger charge is -2.07. The van der Waals surface area contributed by atoms with Gasteiger partial charge >= 0.3 is 0 Å². The summed E-state index contributed by atoms with van der Waals surface area (Å²) >= 11 is 0. The summed E-state index contributed by atoms with van der Waals surface area (Å²) in [6, 6.07) is 12.5. The molecular weight excluding hydrogens is 370 g/mol. The second-order valence-electron chi connectivity index (χ2n) is 6.38. The topological polar surface area (TPSA) is 90.5 Å². The molecule has 8 heteroatoms. The highest BCUT2D eigenvalue weighted by Crippen LogP contribution is 2.23. The molecule has 4 rings (SSSR count). The van der Waals surface area contributed by atoms with E-state index in [2.05, 4.69) is 15.4 Å². The number of hydrogen-bond donors (Lipinski definition) is 1. The van der Waals surface area contributed by atoms with Crippen molar-refractivity contribution >= 4 is 11.4 Å². The number of carbonyl (C=O) groups is 1. The summed E-state index contributed by atoms with van der Waals surface area (Å²) in [4.78, 5) is 28.8. The van der Waals surface area contributed by atoms with E-state index in [-0.39, 0.29) is 11.5 Å². The van der Waals surface area contributed by atoms with E-state index in [1.54, 1.807) is 59.2 Å². The molecule has 0 saturated heterocycles. The number of fused-ring (bicyclic) bond motifs is 1. The number of rotatable bonds is 6. The predicted molar refractivity (Wildman–Crippen MR) is 108 cm³/mol. The fourth-order valence-electron chi connectivity index (χ4n) is 3.02. The van der Waals surface area contributed by atoms with Crippen LogP contribution in [-0.4, -0.2) is 38.7 Å². The van der Waals surface area contributed by atoms with Gasteiger partial charge in [0.05, 0.1) is 12.8 Å². The molecule has 1 amide bonds. The molecular formula is C21H19N5O3. The molecule has 29 heavy (non-hydrogen) atoms. The monoisotopic (exact) mass is 389 g/mol. The largest absolute Gasteiger partial charge is 0.497 e.